The maximum atomic E-state index is 10.5. The minimum atomic E-state index is -0.535. The predicted octanol–water partition coefficient (Wildman–Crippen LogP) is 3.69. The molecule has 1 atom stereocenters. The second-order valence-corrected chi connectivity index (χ2v) is 5.53. The van der Waals surface area contributed by atoms with E-state index in [0.717, 1.165) is 17.2 Å². The first-order valence-electron chi connectivity index (χ1n) is 8.03. The zero-order valence-corrected chi connectivity index (χ0v) is 13.4. The van der Waals surface area contributed by atoms with Crippen LogP contribution >= 0.6 is 0 Å². The number of aromatic nitrogens is 1. The normalized spacial score (nSPS) is 11.7. The van der Waals surface area contributed by atoms with E-state index in [1.165, 1.54) is 0 Å². The van der Waals surface area contributed by atoms with Crippen LogP contribution in [0.3, 0.4) is 0 Å². The number of nitrogens with one attached hydrogen (secondary N) is 1. The third kappa shape index (κ3) is 4.33. The number of nitrogens with zero attached hydrogens (tertiary/aromatic N) is 2. The molecule has 4 heteroatoms. The molecule has 3 rings (SSSR count). The predicted molar refractivity (Wildman–Crippen MR) is 98.6 cm³/mol. The molecule has 0 saturated heterocycles. The van der Waals surface area contributed by atoms with Gasteiger partial charge in [0, 0.05) is 24.1 Å². The number of rotatable bonds is 7. The monoisotopic (exact) mass is 319 g/mol. The zero-order valence-electron chi connectivity index (χ0n) is 13.4. The molecular weight excluding hydrogens is 298 g/mol. The summed E-state index contributed by atoms with van der Waals surface area (Å²) in [6.45, 7) is 0.932. The van der Waals surface area contributed by atoms with Crippen molar-refractivity contribution in [3.8, 4) is 0 Å². The van der Waals surface area contributed by atoms with Crippen molar-refractivity contribution in [3.63, 3.8) is 0 Å². The number of hydrogen-bond donors (Lipinski definition) is 2. The highest BCUT2D eigenvalue weighted by Gasteiger charge is 2.14. The largest absolute Gasteiger partial charge is 0.389 e. The number of anilines is 3. The maximum Gasteiger partial charge on any atom is 0.125 e. The number of aliphatic hydroxyl groups is 1. The first-order valence-corrected chi connectivity index (χ1v) is 8.03. The fourth-order valence-corrected chi connectivity index (χ4v) is 2.54. The van der Waals surface area contributed by atoms with E-state index < -0.39 is 6.10 Å². The second kappa shape index (κ2) is 8.13. The van der Waals surface area contributed by atoms with Crippen molar-refractivity contribution in [1.29, 1.82) is 0 Å². The summed E-state index contributed by atoms with van der Waals surface area (Å²) < 4.78 is 0. The topological polar surface area (TPSA) is 48.4 Å². The lowest BCUT2D eigenvalue weighted by molar-refractivity contribution is 0.195. The van der Waals surface area contributed by atoms with E-state index >= 15 is 0 Å². The van der Waals surface area contributed by atoms with Crippen molar-refractivity contribution in [2.75, 3.05) is 23.3 Å². The van der Waals surface area contributed by atoms with Gasteiger partial charge >= 0.3 is 0 Å². The van der Waals surface area contributed by atoms with Gasteiger partial charge in [-0.05, 0) is 36.4 Å². The van der Waals surface area contributed by atoms with E-state index in [0.29, 0.717) is 13.1 Å². The summed E-state index contributed by atoms with van der Waals surface area (Å²) in [7, 11) is 0. The molecule has 0 bridgehead atoms. The maximum absolute atomic E-state index is 10.5. The molecule has 1 heterocycles. The average molecular weight is 319 g/mol. The van der Waals surface area contributed by atoms with Crippen LogP contribution in [-0.2, 0) is 0 Å². The van der Waals surface area contributed by atoms with Crippen LogP contribution in [0.5, 0.6) is 0 Å². The molecule has 0 spiro atoms. The highest BCUT2D eigenvalue weighted by Crippen LogP contribution is 2.24. The van der Waals surface area contributed by atoms with Gasteiger partial charge in [-0.25, -0.2) is 4.98 Å². The van der Waals surface area contributed by atoms with E-state index in [1.54, 1.807) is 6.20 Å². The third-order valence-electron chi connectivity index (χ3n) is 3.71. The quantitative estimate of drug-likeness (QED) is 0.697. The summed E-state index contributed by atoms with van der Waals surface area (Å²) in [5.74, 6) is 0.766. The first-order chi connectivity index (χ1) is 11.8. The van der Waals surface area contributed by atoms with Gasteiger partial charge in [0.15, 0.2) is 0 Å². The Morgan fingerprint density at radius 1 is 0.833 bits per heavy atom. The van der Waals surface area contributed by atoms with Crippen molar-refractivity contribution in [3.05, 3.63) is 85.1 Å². The molecule has 0 aliphatic heterocycles. The van der Waals surface area contributed by atoms with Gasteiger partial charge in [0.2, 0.25) is 0 Å². The minimum absolute atomic E-state index is 0.438. The van der Waals surface area contributed by atoms with Crippen LogP contribution in [-0.4, -0.2) is 29.3 Å². The van der Waals surface area contributed by atoms with Gasteiger partial charge in [-0.2, -0.15) is 0 Å². The van der Waals surface area contributed by atoms with Crippen LogP contribution in [0.25, 0.3) is 0 Å². The molecule has 0 radical (unpaired) electrons. The molecule has 0 aliphatic carbocycles. The second-order valence-electron chi connectivity index (χ2n) is 5.53. The van der Waals surface area contributed by atoms with E-state index in [2.05, 4.69) is 15.2 Å². The van der Waals surface area contributed by atoms with Gasteiger partial charge < -0.3 is 15.3 Å². The van der Waals surface area contributed by atoms with Crippen LogP contribution in [0.1, 0.15) is 0 Å². The van der Waals surface area contributed by atoms with Crippen molar-refractivity contribution >= 4 is 17.2 Å². The van der Waals surface area contributed by atoms with E-state index in [9.17, 15) is 5.11 Å². The molecule has 122 valence electrons. The molecule has 2 N–H and O–H groups in total. The highest BCUT2D eigenvalue weighted by molar-refractivity contribution is 5.63. The Balaban J connectivity index is 1.70. The van der Waals surface area contributed by atoms with E-state index in [1.807, 2.05) is 78.9 Å². The van der Waals surface area contributed by atoms with Gasteiger partial charge in [0.1, 0.15) is 5.82 Å². The zero-order chi connectivity index (χ0) is 16.6. The fraction of sp³-hybridized carbons (Fsp3) is 0.150. The van der Waals surface area contributed by atoms with Gasteiger partial charge in [0.05, 0.1) is 12.6 Å². The molecule has 0 fully saturated rings. The summed E-state index contributed by atoms with van der Waals surface area (Å²) in [5, 5.41) is 13.6. The molecule has 3 aromatic rings. The van der Waals surface area contributed by atoms with Crippen molar-refractivity contribution in [2.45, 2.75) is 6.10 Å². The number of pyridine rings is 1. The summed E-state index contributed by atoms with van der Waals surface area (Å²) in [4.78, 5) is 6.33. The third-order valence-corrected chi connectivity index (χ3v) is 3.71. The molecular formula is C20H21N3O. The molecule has 4 nitrogen and oxygen atoms in total. The molecule has 1 unspecified atom stereocenters. The Hall–Kier alpha value is -2.85. The summed E-state index contributed by atoms with van der Waals surface area (Å²) in [6.07, 6.45) is 1.20. The molecule has 1 aromatic heterocycles. The van der Waals surface area contributed by atoms with Gasteiger partial charge in [-0.1, -0.05) is 42.5 Å². The molecule has 0 amide bonds. The van der Waals surface area contributed by atoms with Crippen LogP contribution in [0, 0.1) is 0 Å². The van der Waals surface area contributed by atoms with Gasteiger partial charge in [-0.3, -0.25) is 0 Å². The molecule has 0 saturated carbocycles. The lowest BCUT2D eigenvalue weighted by Crippen LogP contribution is -2.33. The SMILES string of the molecule is OC(CNc1ccccn1)CN(c1ccccc1)c1ccccc1. The summed E-state index contributed by atoms with van der Waals surface area (Å²) >= 11 is 0. The summed E-state index contributed by atoms with van der Waals surface area (Å²) in [5.41, 5.74) is 2.11. The van der Waals surface area contributed by atoms with Crippen LogP contribution in [0.2, 0.25) is 0 Å². The smallest absolute Gasteiger partial charge is 0.125 e. The van der Waals surface area contributed by atoms with Gasteiger partial charge in [0.25, 0.3) is 0 Å². The summed E-state index contributed by atoms with van der Waals surface area (Å²) in [6, 6.07) is 25.9. The Labute approximate surface area is 142 Å². The van der Waals surface area contributed by atoms with Crippen molar-refractivity contribution < 1.29 is 5.11 Å². The van der Waals surface area contributed by atoms with E-state index in [-0.39, 0.29) is 0 Å². The highest BCUT2D eigenvalue weighted by atomic mass is 16.3. The Morgan fingerprint density at radius 2 is 1.42 bits per heavy atom. The minimum Gasteiger partial charge on any atom is -0.389 e. The van der Waals surface area contributed by atoms with Crippen molar-refractivity contribution in [1.82, 2.24) is 4.98 Å². The first kappa shape index (κ1) is 16.0. The molecule has 24 heavy (non-hydrogen) atoms. The Bertz CT molecular complexity index is 680. The molecule has 2 aromatic carbocycles. The fourth-order valence-electron chi connectivity index (χ4n) is 2.54. The average Bonchev–Trinajstić information content (AvgIpc) is 2.67. The number of benzene rings is 2. The van der Waals surface area contributed by atoms with Crippen LogP contribution < -0.4 is 10.2 Å². The van der Waals surface area contributed by atoms with Crippen LogP contribution in [0.15, 0.2) is 85.1 Å². The van der Waals surface area contributed by atoms with Crippen LogP contribution in [0.4, 0.5) is 17.2 Å². The lowest BCUT2D eigenvalue weighted by Gasteiger charge is -2.27. The Kier molecular flexibility index (Phi) is 5.43. The number of aliphatic hydroxyl groups excluding tert-OH is 1. The van der Waals surface area contributed by atoms with Gasteiger partial charge in [-0.15, -0.1) is 0 Å². The number of para-hydroxylation sites is 2. The van der Waals surface area contributed by atoms with E-state index in [4.69, 9.17) is 0 Å². The Morgan fingerprint density at radius 3 is 1.96 bits per heavy atom. The van der Waals surface area contributed by atoms with Crippen molar-refractivity contribution in [2.24, 2.45) is 0 Å². The molecule has 0 aliphatic rings. The number of hydrogen-bond acceptors (Lipinski definition) is 4. The standard InChI is InChI=1S/C20H21N3O/c24-19(15-22-20-13-7-8-14-21-20)16-23(17-9-3-1-4-10-17)18-11-5-2-6-12-18/h1-14,19,24H,15-16H2,(H,21,22). The lowest BCUT2D eigenvalue weighted by atomic mass is 10.2.